The number of ether oxygens (including phenoxy) is 1. The Bertz CT molecular complexity index is 843. The molecule has 3 rings (SSSR count). The van der Waals surface area contributed by atoms with E-state index < -0.39 is 4.92 Å². The lowest BCUT2D eigenvalue weighted by atomic mass is 10.0. The second-order valence-electron chi connectivity index (χ2n) is 5.43. The minimum Gasteiger partial charge on any atom is -0.487 e. The van der Waals surface area contributed by atoms with Crippen LogP contribution >= 0.6 is 0 Å². The van der Waals surface area contributed by atoms with Gasteiger partial charge in [-0.2, -0.15) is 0 Å². The van der Waals surface area contributed by atoms with E-state index in [4.69, 9.17) is 9.26 Å². The van der Waals surface area contributed by atoms with E-state index in [1.807, 2.05) is 37.3 Å². The van der Waals surface area contributed by atoms with E-state index in [0.29, 0.717) is 23.6 Å². The molecule has 3 aromatic rings. The van der Waals surface area contributed by atoms with E-state index in [1.54, 1.807) is 18.2 Å². The van der Waals surface area contributed by atoms with Gasteiger partial charge in [0.25, 0.3) is 5.69 Å². The normalized spacial score (nSPS) is 10.5. The Balaban J connectivity index is 1.84. The molecule has 0 saturated carbocycles. The van der Waals surface area contributed by atoms with E-state index in [-0.39, 0.29) is 12.3 Å². The summed E-state index contributed by atoms with van der Waals surface area (Å²) < 4.78 is 10.8. The Hall–Kier alpha value is -3.15. The second kappa shape index (κ2) is 6.95. The van der Waals surface area contributed by atoms with Crippen molar-refractivity contribution < 1.29 is 14.2 Å². The molecule has 0 aliphatic rings. The topological polar surface area (TPSA) is 78.4 Å². The first-order valence-corrected chi connectivity index (χ1v) is 7.48. The summed E-state index contributed by atoms with van der Waals surface area (Å²) in [5, 5.41) is 14.9. The molecular weight excluding hydrogens is 308 g/mol. The molecule has 0 atom stereocenters. The lowest BCUT2D eigenvalue weighted by Gasteiger charge is -2.10. The van der Waals surface area contributed by atoms with Crippen LogP contribution in [-0.2, 0) is 13.0 Å². The first-order chi connectivity index (χ1) is 11.6. The van der Waals surface area contributed by atoms with Crippen molar-refractivity contribution in [2.45, 2.75) is 20.0 Å². The Morgan fingerprint density at radius 1 is 1.17 bits per heavy atom. The number of nitro groups is 1. The minimum absolute atomic E-state index is 0.0468. The number of hydrogen-bond acceptors (Lipinski definition) is 5. The van der Waals surface area contributed by atoms with Gasteiger partial charge in [-0.25, -0.2) is 0 Å². The third-order valence-electron chi connectivity index (χ3n) is 3.54. The van der Waals surface area contributed by atoms with E-state index in [2.05, 4.69) is 5.16 Å². The number of nitro benzene ring substituents is 1. The maximum atomic E-state index is 11.0. The molecule has 0 aliphatic heterocycles. The Morgan fingerprint density at radius 2 is 1.96 bits per heavy atom. The third-order valence-corrected chi connectivity index (χ3v) is 3.54. The summed E-state index contributed by atoms with van der Waals surface area (Å²) in [5.41, 5.74) is 2.54. The van der Waals surface area contributed by atoms with Gasteiger partial charge in [0.2, 0.25) is 0 Å². The number of rotatable bonds is 6. The van der Waals surface area contributed by atoms with Crippen LogP contribution in [0.3, 0.4) is 0 Å². The van der Waals surface area contributed by atoms with Crippen LogP contribution in [0.5, 0.6) is 5.75 Å². The predicted octanol–water partition coefficient (Wildman–Crippen LogP) is 4.06. The van der Waals surface area contributed by atoms with Crippen LogP contribution in [0.2, 0.25) is 0 Å². The van der Waals surface area contributed by atoms with E-state index >= 15 is 0 Å². The molecular formula is C18H16N2O4. The van der Waals surface area contributed by atoms with Crippen molar-refractivity contribution in [1.82, 2.24) is 5.16 Å². The monoisotopic (exact) mass is 324 g/mol. The summed E-state index contributed by atoms with van der Waals surface area (Å²) in [4.78, 5) is 10.6. The van der Waals surface area contributed by atoms with Crippen molar-refractivity contribution in [3.63, 3.8) is 0 Å². The highest BCUT2D eigenvalue weighted by molar-refractivity contribution is 5.46. The van der Waals surface area contributed by atoms with Gasteiger partial charge in [0.1, 0.15) is 23.8 Å². The highest BCUT2D eigenvalue weighted by Crippen LogP contribution is 2.27. The van der Waals surface area contributed by atoms with E-state index in [0.717, 1.165) is 11.1 Å². The molecule has 0 saturated heterocycles. The maximum Gasteiger partial charge on any atom is 0.269 e. The molecule has 24 heavy (non-hydrogen) atoms. The molecule has 2 aromatic carbocycles. The molecule has 1 aromatic heterocycles. The van der Waals surface area contributed by atoms with Crippen molar-refractivity contribution in [2.75, 3.05) is 0 Å². The summed E-state index contributed by atoms with van der Waals surface area (Å²) in [5.74, 6) is 1.31. The molecule has 0 bridgehead atoms. The molecule has 6 heteroatoms. The minimum atomic E-state index is -0.404. The lowest BCUT2D eigenvalue weighted by molar-refractivity contribution is -0.384. The van der Waals surface area contributed by atoms with Gasteiger partial charge in [0.15, 0.2) is 0 Å². The smallest absolute Gasteiger partial charge is 0.269 e. The number of non-ortho nitro benzene ring substituents is 1. The van der Waals surface area contributed by atoms with Crippen molar-refractivity contribution >= 4 is 5.69 Å². The number of benzene rings is 2. The zero-order chi connectivity index (χ0) is 16.9. The highest BCUT2D eigenvalue weighted by Gasteiger charge is 2.13. The first-order valence-electron chi connectivity index (χ1n) is 7.48. The number of aryl methyl sites for hydroxylation is 1. The quantitative estimate of drug-likeness (QED) is 0.504. The average Bonchev–Trinajstić information content (AvgIpc) is 3.00. The van der Waals surface area contributed by atoms with Crippen LogP contribution in [-0.4, -0.2) is 10.1 Å². The Labute approximate surface area is 138 Å². The zero-order valence-corrected chi connectivity index (χ0v) is 13.1. The fraction of sp³-hybridized carbons (Fsp3) is 0.167. The standard InChI is InChI=1S/C18H16N2O4/c1-13-9-16(19-24-13)12-23-18-8-7-17(20(21)22)11-15(18)10-14-5-3-2-4-6-14/h2-9,11H,10,12H2,1H3. The molecule has 0 radical (unpaired) electrons. The van der Waals surface area contributed by atoms with Crippen LogP contribution in [0.15, 0.2) is 59.1 Å². The number of hydrogen-bond donors (Lipinski definition) is 0. The van der Waals surface area contributed by atoms with Crippen molar-refractivity contribution in [1.29, 1.82) is 0 Å². The van der Waals surface area contributed by atoms with Crippen LogP contribution in [0.4, 0.5) is 5.69 Å². The fourth-order valence-electron chi connectivity index (χ4n) is 2.41. The van der Waals surface area contributed by atoms with Gasteiger partial charge in [-0.15, -0.1) is 0 Å². The molecule has 0 fully saturated rings. The van der Waals surface area contributed by atoms with E-state index in [9.17, 15) is 10.1 Å². The summed E-state index contributed by atoms with van der Waals surface area (Å²) in [6, 6.07) is 16.2. The molecule has 6 nitrogen and oxygen atoms in total. The molecule has 0 spiro atoms. The van der Waals surface area contributed by atoms with E-state index in [1.165, 1.54) is 6.07 Å². The SMILES string of the molecule is Cc1cc(COc2ccc([N+](=O)[O-])cc2Cc2ccccc2)no1. The van der Waals surface area contributed by atoms with Crippen LogP contribution in [0.1, 0.15) is 22.6 Å². The highest BCUT2D eigenvalue weighted by atomic mass is 16.6. The molecule has 0 aliphatic carbocycles. The van der Waals surface area contributed by atoms with Gasteiger partial charge in [-0.1, -0.05) is 35.5 Å². The van der Waals surface area contributed by atoms with Gasteiger partial charge in [0.05, 0.1) is 4.92 Å². The van der Waals surface area contributed by atoms with Crippen molar-refractivity contribution in [3.8, 4) is 5.75 Å². The van der Waals surface area contributed by atoms with Crippen molar-refractivity contribution in [2.24, 2.45) is 0 Å². The zero-order valence-electron chi connectivity index (χ0n) is 13.1. The summed E-state index contributed by atoms with van der Waals surface area (Å²) in [6.07, 6.45) is 0.551. The summed E-state index contributed by atoms with van der Waals surface area (Å²) in [6.45, 7) is 2.06. The van der Waals surface area contributed by atoms with Crippen LogP contribution in [0, 0.1) is 17.0 Å². The van der Waals surface area contributed by atoms with Gasteiger partial charge < -0.3 is 9.26 Å². The van der Waals surface area contributed by atoms with Gasteiger partial charge in [-0.3, -0.25) is 10.1 Å². The average molecular weight is 324 g/mol. The Morgan fingerprint density at radius 3 is 2.62 bits per heavy atom. The number of aromatic nitrogens is 1. The van der Waals surface area contributed by atoms with Crippen LogP contribution in [0.25, 0.3) is 0 Å². The van der Waals surface area contributed by atoms with Gasteiger partial charge in [-0.05, 0) is 18.6 Å². The molecule has 0 N–H and O–H groups in total. The predicted molar refractivity (Wildman–Crippen MR) is 87.9 cm³/mol. The first kappa shape index (κ1) is 15.7. The number of nitrogens with zero attached hydrogens (tertiary/aromatic N) is 2. The molecule has 0 unspecified atom stereocenters. The largest absolute Gasteiger partial charge is 0.487 e. The van der Waals surface area contributed by atoms with Crippen LogP contribution < -0.4 is 4.74 Å². The summed E-state index contributed by atoms with van der Waals surface area (Å²) >= 11 is 0. The fourth-order valence-corrected chi connectivity index (χ4v) is 2.41. The van der Waals surface area contributed by atoms with Crippen molar-refractivity contribution in [3.05, 3.63) is 87.3 Å². The van der Waals surface area contributed by atoms with Gasteiger partial charge in [0, 0.05) is 30.2 Å². The molecule has 122 valence electrons. The second-order valence-corrected chi connectivity index (χ2v) is 5.43. The third kappa shape index (κ3) is 3.78. The maximum absolute atomic E-state index is 11.0. The summed E-state index contributed by atoms with van der Waals surface area (Å²) in [7, 11) is 0. The Kier molecular flexibility index (Phi) is 4.56. The van der Waals surface area contributed by atoms with Gasteiger partial charge >= 0.3 is 0 Å². The lowest BCUT2D eigenvalue weighted by Crippen LogP contribution is -2.01. The molecule has 0 amide bonds. The molecule has 1 heterocycles.